The summed E-state index contributed by atoms with van der Waals surface area (Å²) >= 11 is 0. The highest BCUT2D eigenvalue weighted by atomic mass is 35.5. The molecule has 23 heavy (non-hydrogen) atoms. The highest BCUT2D eigenvalue weighted by molar-refractivity contribution is 5.92. The van der Waals surface area contributed by atoms with E-state index in [0.29, 0.717) is 13.1 Å². The monoisotopic (exact) mass is 357 g/mol. The summed E-state index contributed by atoms with van der Waals surface area (Å²) in [6.45, 7) is 2.00. The number of nitrogens with zero attached hydrogens (tertiary/aromatic N) is 3. The van der Waals surface area contributed by atoms with E-state index in [1.165, 1.54) is 19.2 Å². The van der Waals surface area contributed by atoms with Gasteiger partial charge in [0.2, 0.25) is 5.91 Å². The normalized spacial score (nSPS) is 12.9. The molecule has 0 saturated heterocycles. The lowest BCUT2D eigenvalue weighted by molar-refractivity contribution is -0.115. The number of anilines is 1. The van der Waals surface area contributed by atoms with Gasteiger partial charge < -0.3 is 10.6 Å². The average molecular weight is 358 g/mol. The minimum atomic E-state index is -0.000300. The second-order valence-corrected chi connectivity index (χ2v) is 5.41. The molecule has 0 unspecified atom stereocenters. The molecule has 126 valence electrons. The first-order valence-electron chi connectivity index (χ1n) is 7.21. The summed E-state index contributed by atoms with van der Waals surface area (Å²) in [6, 6.07) is 7.78. The zero-order valence-electron chi connectivity index (χ0n) is 12.6. The molecule has 1 aliphatic carbocycles. The van der Waals surface area contributed by atoms with Crippen LogP contribution in [-0.4, -0.2) is 33.8 Å². The number of rotatable bonds is 7. The molecule has 0 bridgehead atoms. The van der Waals surface area contributed by atoms with Crippen LogP contribution >= 0.6 is 24.8 Å². The van der Waals surface area contributed by atoms with E-state index in [4.69, 9.17) is 0 Å². The van der Waals surface area contributed by atoms with Crippen molar-refractivity contribution in [3.63, 3.8) is 0 Å². The van der Waals surface area contributed by atoms with Crippen LogP contribution in [-0.2, 0) is 11.3 Å². The summed E-state index contributed by atoms with van der Waals surface area (Å²) in [6.07, 6.45) is 5.79. The largest absolute Gasteiger partial charge is 0.325 e. The molecule has 2 aromatic rings. The summed E-state index contributed by atoms with van der Waals surface area (Å²) in [4.78, 5) is 15.7. The SMILES string of the molecule is Cl.Cl.O=C(CNCC1CC1)Nc1ccc(Cn2cncn2)cc1. The maximum atomic E-state index is 11.8. The number of hydrogen-bond donors (Lipinski definition) is 2. The molecule has 0 radical (unpaired) electrons. The lowest BCUT2D eigenvalue weighted by Crippen LogP contribution is -2.29. The van der Waals surface area contributed by atoms with E-state index < -0.39 is 0 Å². The maximum Gasteiger partial charge on any atom is 0.238 e. The van der Waals surface area contributed by atoms with Crippen molar-refractivity contribution < 1.29 is 4.79 Å². The van der Waals surface area contributed by atoms with Gasteiger partial charge in [-0.2, -0.15) is 5.10 Å². The molecule has 1 saturated carbocycles. The molecule has 1 heterocycles. The fourth-order valence-corrected chi connectivity index (χ4v) is 2.11. The Morgan fingerprint density at radius 3 is 2.57 bits per heavy atom. The molecule has 8 heteroatoms. The third-order valence-electron chi connectivity index (χ3n) is 3.46. The molecule has 1 aromatic heterocycles. The molecule has 1 fully saturated rings. The number of aromatic nitrogens is 3. The van der Waals surface area contributed by atoms with Crippen molar-refractivity contribution in [2.45, 2.75) is 19.4 Å². The van der Waals surface area contributed by atoms with E-state index in [9.17, 15) is 4.79 Å². The van der Waals surface area contributed by atoms with Crippen LogP contribution in [0.2, 0.25) is 0 Å². The minimum Gasteiger partial charge on any atom is -0.325 e. The van der Waals surface area contributed by atoms with Crippen LogP contribution < -0.4 is 10.6 Å². The third kappa shape index (κ3) is 6.56. The first kappa shape index (κ1) is 19.4. The van der Waals surface area contributed by atoms with Crippen molar-refractivity contribution in [3.05, 3.63) is 42.5 Å². The Kier molecular flexibility index (Phi) is 8.02. The Hall–Kier alpha value is -1.63. The van der Waals surface area contributed by atoms with Crippen molar-refractivity contribution in [3.8, 4) is 0 Å². The predicted molar refractivity (Wildman–Crippen MR) is 94.3 cm³/mol. The first-order valence-corrected chi connectivity index (χ1v) is 7.21. The van der Waals surface area contributed by atoms with Crippen molar-refractivity contribution >= 4 is 36.4 Å². The first-order chi connectivity index (χ1) is 10.3. The number of nitrogens with one attached hydrogen (secondary N) is 2. The van der Waals surface area contributed by atoms with Crippen molar-refractivity contribution in [1.29, 1.82) is 0 Å². The smallest absolute Gasteiger partial charge is 0.238 e. The fraction of sp³-hybridized carbons (Fsp3) is 0.400. The topological polar surface area (TPSA) is 71.8 Å². The second kappa shape index (κ2) is 9.50. The molecule has 1 amide bonds. The molecule has 1 aromatic carbocycles. The Morgan fingerprint density at radius 2 is 1.96 bits per heavy atom. The van der Waals surface area contributed by atoms with Gasteiger partial charge in [-0.3, -0.25) is 4.79 Å². The maximum absolute atomic E-state index is 11.8. The number of carbonyl (C=O) groups is 1. The van der Waals surface area contributed by atoms with E-state index >= 15 is 0 Å². The molecule has 0 aliphatic heterocycles. The Balaban J connectivity index is 0.00000132. The lowest BCUT2D eigenvalue weighted by atomic mass is 10.2. The zero-order valence-corrected chi connectivity index (χ0v) is 14.3. The van der Waals surface area contributed by atoms with Crippen LogP contribution in [0.1, 0.15) is 18.4 Å². The number of amides is 1. The van der Waals surface area contributed by atoms with Gasteiger partial charge in [-0.1, -0.05) is 12.1 Å². The van der Waals surface area contributed by atoms with Crippen LogP contribution in [0.15, 0.2) is 36.9 Å². The summed E-state index contributed by atoms with van der Waals surface area (Å²) in [5, 5.41) is 10.1. The Bertz CT molecular complexity index is 584. The van der Waals surface area contributed by atoms with Crippen LogP contribution in [0, 0.1) is 5.92 Å². The third-order valence-corrected chi connectivity index (χ3v) is 3.46. The Morgan fingerprint density at radius 1 is 1.22 bits per heavy atom. The molecule has 6 nitrogen and oxygen atoms in total. The van der Waals surface area contributed by atoms with Gasteiger partial charge in [-0.05, 0) is 43.0 Å². The van der Waals surface area contributed by atoms with Crippen LogP contribution in [0.5, 0.6) is 0 Å². The van der Waals surface area contributed by atoms with E-state index in [0.717, 1.165) is 23.7 Å². The highest BCUT2D eigenvalue weighted by Gasteiger charge is 2.20. The summed E-state index contributed by atoms with van der Waals surface area (Å²) < 4.78 is 1.76. The van der Waals surface area contributed by atoms with Gasteiger partial charge in [-0.25, -0.2) is 9.67 Å². The van der Waals surface area contributed by atoms with Crippen molar-refractivity contribution in [2.75, 3.05) is 18.4 Å². The summed E-state index contributed by atoms with van der Waals surface area (Å²) in [5.41, 5.74) is 1.93. The van der Waals surface area contributed by atoms with Gasteiger partial charge in [0.05, 0.1) is 13.1 Å². The number of benzene rings is 1. The lowest BCUT2D eigenvalue weighted by Gasteiger charge is -2.07. The fourth-order valence-electron chi connectivity index (χ4n) is 2.11. The van der Waals surface area contributed by atoms with E-state index in [2.05, 4.69) is 20.7 Å². The number of carbonyl (C=O) groups excluding carboxylic acids is 1. The van der Waals surface area contributed by atoms with Crippen LogP contribution in [0.3, 0.4) is 0 Å². The molecule has 0 atom stereocenters. The van der Waals surface area contributed by atoms with Gasteiger partial charge in [0.15, 0.2) is 0 Å². The molecular formula is C15H21Cl2N5O. The summed E-state index contributed by atoms with van der Waals surface area (Å²) in [5.74, 6) is 0.786. The van der Waals surface area contributed by atoms with E-state index in [1.807, 2.05) is 24.3 Å². The van der Waals surface area contributed by atoms with Crippen LogP contribution in [0.4, 0.5) is 5.69 Å². The molecule has 0 spiro atoms. The summed E-state index contributed by atoms with van der Waals surface area (Å²) in [7, 11) is 0. The second-order valence-electron chi connectivity index (χ2n) is 5.41. The van der Waals surface area contributed by atoms with Gasteiger partial charge in [0, 0.05) is 5.69 Å². The molecule has 1 aliphatic rings. The van der Waals surface area contributed by atoms with Crippen molar-refractivity contribution in [1.82, 2.24) is 20.1 Å². The number of hydrogen-bond acceptors (Lipinski definition) is 4. The minimum absolute atomic E-state index is 0. The van der Waals surface area contributed by atoms with E-state index in [1.54, 1.807) is 11.0 Å². The van der Waals surface area contributed by atoms with E-state index in [-0.39, 0.29) is 30.7 Å². The number of halogens is 2. The zero-order chi connectivity index (χ0) is 14.5. The predicted octanol–water partition coefficient (Wildman–Crippen LogP) is 2.11. The van der Waals surface area contributed by atoms with Crippen LogP contribution in [0.25, 0.3) is 0 Å². The quantitative estimate of drug-likeness (QED) is 0.795. The van der Waals surface area contributed by atoms with Gasteiger partial charge in [0.25, 0.3) is 0 Å². The Labute approximate surface area is 147 Å². The molecule has 3 rings (SSSR count). The highest BCUT2D eigenvalue weighted by Crippen LogP contribution is 2.27. The molecular weight excluding hydrogens is 337 g/mol. The van der Waals surface area contributed by atoms with Gasteiger partial charge >= 0.3 is 0 Å². The van der Waals surface area contributed by atoms with Gasteiger partial charge in [0.1, 0.15) is 12.7 Å². The average Bonchev–Trinajstić information content (AvgIpc) is 3.16. The van der Waals surface area contributed by atoms with Crippen molar-refractivity contribution in [2.24, 2.45) is 5.92 Å². The van der Waals surface area contributed by atoms with Gasteiger partial charge in [-0.15, -0.1) is 24.8 Å². The molecule has 2 N–H and O–H groups in total. The standard InChI is InChI=1S/C15H19N5O.2ClH/c21-15(8-16-7-12-1-2-12)19-14-5-3-13(4-6-14)9-20-11-17-10-18-20;;/h3-6,10-12,16H,1-2,7-9H2,(H,19,21);2*1H.